The summed E-state index contributed by atoms with van der Waals surface area (Å²) in [7, 11) is 3.41. The molecule has 1 N–H and O–H groups in total. The molecule has 0 aliphatic rings. The fraction of sp³-hybridized carbons (Fsp3) is 1.00. The number of ether oxygens (including phenoxy) is 2. The van der Waals surface area contributed by atoms with E-state index in [-0.39, 0.29) is 6.61 Å². The zero-order valence-electron chi connectivity index (χ0n) is 10.4. The molecule has 0 aliphatic heterocycles. The molecular weight excluding hydrogens is 194 g/mol. The Morgan fingerprint density at radius 3 is 2.33 bits per heavy atom. The lowest BCUT2D eigenvalue weighted by atomic mass is 10.1. The lowest BCUT2D eigenvalue weighted by Crippen LogP contribution is -2.41. The molecule has 0 saturated carbocycles. The molecule has 0 rings (SSSR count). The molecule has 0 heterocycles. The molecule has 0 aliphatic carbocycles. The van der Waals surface area contributed by atoms with Crippen molar-refractivity contribution in [1.29, 1.82) is 0 Å². The van der Waals surface area contributed by atoms with Gasteiger partial charge in [-0.25, -0.2) is 0 Å². The van der Waals surface area contributed by atoms with Crippen molar-refractivity contribution in [3.8, 4) is 0 Å². The Kier molecular flexibility index (Phi) is 9.00. The number of hydrogen-bond acceptors (Lipinski definition) is 4. The van der Waals surface area contributed by atoms with Gasteiger partial charge in [-0.2, -0.15) is 0 Å². The Hall–Kier alpha value is -0.160. The van der Waals surface area contributed by atoms with Gasteiger partial charge in [0, 0.05) is 40.0 Å². The van der Waals surface area contributed by atoms with Crippen LogP contribution in [0.15, 0.2) is 0 Å². The number of methoxy groups -OCH3 is 2. The lowest BCUT2D eigenvalue weighted by molar-refractivity contribution is 0.0589. The highest BCUT2D eigenvalue weighted by atomic mass is 16.5. The summed E-state index contributed by atoms with van der Waals surface area (Å²) in [6.45, 7) is 7.58. The molecule has 4 nitrogen and oxygen atoms in total. The molecular formula is C11H25NO3. The minimum absolute atomic E-state index is 0.225. The number of aliphatic hydroxyl groups excluding tert-OH is 1. The molecule has 0 bridgehead atoms. The van der Waals surface area contributed by atoms with Crippen LogP contribution in [0.2, 0.25) is 0 Å². The fourth-order valence-electron chi connectivity index (χ4n) is 1.50. The number of nitrogens with zero attached hydrogens (tertiary/aromatic N) is 1. The van der Waals surface area contributed by atoms with E-state index in [1.807, 2.05) is 6.92 Å². The van der Waals surface area contributed by atoms with Gasteiger partial charge in [0.05, 0.1) is 13.2 Å². The van der Waals surface area contributed by atoms with Gasteiger partial charge < -0.3 is 14.6 Å². The second-order valence-electron chi connectivity index (χ2n) is 4.08. The Morgan fingerprint density at radius 1 is 1.20 bits per heavy atom. The highest BCUT2D eigenvalue weighted by molar-refractivity contribution is 4.69. The predicted molar refractivity (Wildman–Crippen MR) is 61.0 cm³/mol. The molecule has 0 aromatic carbocycles. The summed E-state index contributed by atoms with van der Waals surface area (Å²) >= 11 is 0. The van der Waals surface area contributed by atoms with E-state index in [0.717, 1.165) is 13.1 Å². The van der Waals surface area contributed by atoms with E-state index in [2.05, 4.69) is 11.8 Å². The number of rotatable bonds is 9. The Balaban J connectivity index is 4.03. The first-order valence-corrected chi connectivity index (χ1v) is 5.48. The van der Waals surface area contributed by atoms with Gasteiger partial charge in [0.15, 0.2) is 0 Å². The predicted octanol–water partition coefficient (Wildman–Crippen LogP) is 0.598. The zero-order chi connectivity index (χ0) is 11.7. The molecule has 0 radical (unpaired) electrons. The van der Waals surface area contributed by atoms with Gasteiger partial charge in [-0.05, 0) is 12.8 Å². The van der Waals surface area contributed by atoms with Crippen molar-refractivity contribution in [2.45, 2.75) is 19.9 Å². The number of hydrogen-bond donors (Lipinski definition) is 1. The largest absolute Gasteiger partial charge is 0.396 e. The molecule has 0 fully saturated rings. The van der Waals surface area contributed by atoms with Gasteiger partial charge >= 0.3 is 0 Å². The summed E-state index contributed by atoms with van der Waals surface area (Å²) < 4.78 is 10.2. The average molecular weight is 219 g/mol. The van der Waals surface area contributed by atoms with E-state index >= 15 is 0 Å². The van der Waals surface area contributed by atoms with Crippen LogP contribution in [-0.2, 0) is 9.47 Å². The maximum absolute atomic E-state index is 9.03. The van der Waals surface area contributed by atoms with Crippen LogP contribution in [0.3, 0.4) is 0 Å². The van der Waals surface area contributed by atoms with Gasteiger partial charge in [0.1, 0.15) is 0 Å². The van der Waals surface area contributed by atoms with E-state index in [1.54, 1.807) is 14.2 Å². The third kappa shape index (κ3) is 6.84. The molecule has 4 heteroatoms. The molecule has 0 aromatic rings. The third-order valence-corrected chi connectivity index (χ3v) is 2.47. The quantitative estimate of drug-likeness (QED) is 0.616. The third-order valence-electron chi connectivity index (χ3n) is 2.47. The topological polar surface area (TPSA) is 41.9 Å². The number of aliphatic hydroxyl groups is 1. The second kappa shape index (κ2) is 9.09. The standard InChI is InChI=1S/C11H25NO3/c1-10(8-13)7-12(5-6-14-3)11(2)9-15-4/h10-11,13H,5-9H2,1-4H3. The monoisotopic (exact) mass is 219 g/mol. The van der Waals surface area contributed by atoms with Crippen molar-refractivity contribution in [2.24, 2.45) is 5.92 Å². The first-order chi connectivity index (χ1) is 7.15. The van der Waals surface area contributed by atoms with Crippen LogP contribution in [0.1, 0.15) is 13.8 Å². The Bertz CT molecular complexity index is 144. The van der Waals surface area contributed by atoms with Crippen LogP contribution < -0.4 is 0 Å². The molecule has 0 spiro atoms. The van der Waals surface area contributed by atoms with E-state index in [9.17, 15) is 0 Å². The Labute approximate surface area is 93.2 Å². The maximum atomic E-state index is 9.03. The van der Waals surface area contributed by atoms with Crippen LogP contribution in [0, 0.1) is 5.92 Å². The van der Waals surface area contributed by atoms with Crippen molar-refractivity contribution < 1.29 is 14.6 Å². The van der Waals surface area contributed by atoms with Crippen molar-refractivity contribution in [3.05, 3.63) is 0 Å². The van der Waals surface area contributed by atoms with Crippen LogP contribution in [-0.4, -0.2) is 63.2 Å². The van der Waals surface area contributed by atoms with E-state index < -0.39 is 0 Å². The van der Waals surface area contributed by atoms with E-state index in [0.29, 0.717) is 25.2 Å². The molecule has 92 valence electrons. The van der Waals surface area contributed by atoms with Crippen LogP contribution in [0.5, 0.6) is 0 Å². The molecule has 2 unspecified atom stereocenters. The van der Waals surface area contributed by atoms with Gasteiger partial charge in [-0.1, -0.05) is 6.92 Å². The molecule has 0 aromatic heterocycles. The first-order valence-electron chi connectivity index (χ1n) is 5.48. The van der Waals surface area contributed by atoms with Crippen molar-refractivity contribution >= 4 is 0 Å². The molecule has 2 atom stereocenters. The minimum Gasteiger partial charge on any atom is -0.396 e. The highest BCUT2D eigenvalue weighted by Crippen LogP contribution is 2.05. The van der Waals surface area contributed by atoms with Crippen LogP contribution in [0.4, 0.5) is 0 Å². The normalized spacial score (nSPS) is 15.6. The molecule has 0 amide bonds. The highest BCUT2D eigenvalue weighted by Gasteiger charge is 2.15. The van der Waals surface area contributed by atoms with Gasteiger partial charge in [0.2, 0.25) is 0 Å². The molecule has 15 heavy (non-hydrogen) atoms. The van der Waals surface area contributed by atoms with Gasteiger partial charge in [0.25, 0.3) is 0 Å². The van der Waals surface area contributed by atoms with Crippen LogP contribution >= 0.6 is 0 Å². The summed E-state index contributed by atoms with van der Waals surface area (Å²) in [5.41, 5.74) is 0. The SMILES string of the molecule is COCCN(CC(C)CO)C(C)COC. The second-order valence-corrected chi connectivity index (χ2v) is 4.08. The summed E-state index contributed by atoms with van der Waals surface area (Å²) in [5.74, 6) is 0.293. The van der Waals surface area contributed by atoms with Crippen molar-refractivity contribution in [2.75, 3.05) is 47.1 Å². The zero-order valence-corrected chi connectivity index (χ0v) is 10.4. The summed E-state index contributed by atoms with van der Waals surface area (Å²) in [6, 6.07) is 0.360. The summed E-state index contributed by atoms with van der Waals surface area (Å²) in [6.07, 6.45) is 0. The Morgan fingerprint density at radius 2 is 1.87 bits per heavy atom. The fourth-order valence-corrected chi connectivity index (χ4v) is 1.50. The summed E-state index contributed by atoms with van der Waals surface area (Å²) in [4.78, 5) is 2.29. The van der Waals surface area contributed by atoms with E-state index in [1.165, 1.54) is 0 Å². The first kappa shape index (κ1) is 14.8. The van der Waals surface area contributed by atoms with Crippen molar-refractivity contribution in [1.82, 2.24) is 4.90 Å². The smallest absolute Gasteiger partial charge is 0.0615 e. The maximum Gasteiger partial charge on any atom is 0.0615 e. The van der Waals surface area contributed by atoms with Gasteiger partial charge in [-0.3, -0.25) is 4.90 Å². The van der Waals surface area contributed by atoms with Crippen LogP contribution in [0.25, 0.3) is 0 Å². The molecule has 0 saturated heterocycles. The lowest BCUT2D eigenvalue weighted by Gasteiger charge is -2.30. The van der Waals surface area contributed by atoms with E-state index in [4.69, 9.17) is 14.6 Å². The average Bonchev–Trinajstić information content (AvgIpc) is 2.24. The minimum atomic E-state index is 0.225. The summed E-state index contributed by atoms with van der Waals surface area (Å²) in [5, 5.41) is 9.03. The van der Waals surface area contributed by atoms with Crippen molar-refractivity contribution in [3.63, 3.8) is 0 Å². The van der Waals surface area contributed by atoms with Gasteiger partial charge in [-0.15, -0.1) is 0 Å².